The molecule has 54 valence electrons. The molecule has 0 radical (unpaired) electrons. The van der Waals surface area contributed by atoms with E-state index in [0.29, 0.717) is 5.41 Å². The maximum absolute atomic E-state index is 8.63. The van der Waals surface area contributed by atoms with Gasteiger partial charge < -0.3 is 4.90 Å². The fraction of sp³-hybridized carbons (Fsp3) is 0.875. The van der Waals surface area contributed by atoms with E-state index in [0.717, 1.165) is 13.1 Å². The highest BCUT2D eigenvalue weighted by molar-refractivity contribution is 5.00. The Morgan fingerprint density at radius 3 is 2.70 bits per heavy atom. The lowest BCUT2D eigenvalue weighted by atomic mass is 9.96. The quantitative estimate of drug-likeness (QED) is 0.470. The van der Waals surface area contributed by atoms with Gasteiger partial charge in [-0.2, -0.15) is 5.26 Å². The van der Waals surface area contributed by atoms with E-state index in [1.807, 2.05) is 4.90 Å². The van der Waals surface area contributed by atoms with E-state index < -0.39 is 0 Å². The molecule has 1 aliphatic heterocycles. The summed E-state index contributed by atoms with van der Waals surface area (Å²) < 4.78 is 0. The van der Waals surface area contributed by atoms with Crippen LogP contribution >= 0.6 is 0 Å². The summed E-state index contributed by atoms with van der Waals surface area (Å²) in [5.74, 6) is 0. The van der Waals surface area contributed by atoms with Crippen molar-refractivity contribution in [1.29, 1.82) is 5.26 Å². The van der Waals surface area contributed by atoms with Gasteiger partial charge in [0.15, 0.2) is 6.19 Å². The molecule has 0 unspecified atom stereocenters. The number of hydrogen-bond acceptors (Lipinski definition) is 2. The van der Waals surface area contributed by atoms with Gasteiger partial charge in [0.1, 0.15) is 0 Å². The lowest BCUT2D eigenvalue weighted by Crippen LogP contribution is -2.32. The van der Waals surface area contributed by atoms with Crippen LogP contribution in [0.2, 0.25) is 0 Å². The molecule has 0 aromatic heterocycles. The van der Waals surface area contributed by atoms with Crippen molar-refractivity contribution in [3.63, 3.8) is 0 Å². The monoisotopic (exact) mass is 136 g/mol. The number of piperidine rings is 1. The number of nitrogens with zero attached hydrogens (tertiary/aromatic N) is 2. The lowest BCUT2D eigenvalue weighted by molar-refractivity contribution is 0.227. The third-order valence-electron chi connectivity index (χ3n) is 2.76. The van der Waals surface area contributed by atoms with Crippen LogP contribution in [0, 0.1) is 16.9 Å². The summed E-state index contributed by atoms with van der Waals surface area (Å²) in [7, 11) is 0. The first kappa shape index (κ1) is 6.03. The van der Waals surface area contributed by atoms with Crippen molar-refractivity contribution in [1.82, 2.24) is 4.90 Å². The first-order chi connectivity index (χ1) is 4.85. The Labute approximate surface area is 61.4 Å². The molecule has 1 saturated carbocycles. The highest BCUT2D eigenvalue weighted by Gasteiger charge is 2.45. The van der Waals surface area contributed by atoms with Crippen molar-refractivity contribution in [3.05, 3.63) is 0 Å². The molecular weight excluding hydrogens is 124 g/mol. The van der Waals surface area contributed by atoms with Gasteiger partial charge >= 0.3 is 0 Å². The summed E-state index contributed by atoms with van der Waals surface area (Å²) in [4.78, 5) is 1.91. The highest BCUT2D eigenvalue weighted by atomic mass is 15.1. The Balaban J connectivity index is 1.99. The zero-order valence-corrected chi connectivity index (χ0v) is 6.14. The lowest BCUT2D eigenvalue weighted by Gasteiger charge is -2.28. The van der Waals surface area contributed by atoms with Gasteiger partial charge in [0.25, 0.3) is 0 Å². The first-order valence-corrected chi connectivity index (χ1v) is 3.99. The molecule has 1 heterocycles. The largest absolute Gasteiger partial charge is 0.310 e. The molecule has 0 bridgehead atoms. The SMILES string of the molecule is N#CN1CCCC2(CC2)C1. The minimum Gasteiger partial charge on any atom is -0.310 e. The fourth-order valence-electron chi connectivity index (χ4n) is 1.88. The van der Waals surface area contributed by atoms with Gasteiger partial charge in [-0.1, -0.05) is 0 Å². The molecule has 1 saturated heterocycles. The second-order valence-corrected chi connectivity index (χ2v) is 3.63. The van der Waals surface area contributed by atoms with Crippen LogP contribution in [0.1, 0.15) is 25.7 Å². The molecule has 1 aliphatic carbocycles. The van der Waals surface area contributed by atoms with Crippen LogP contribution in [-0.4, -0.2) is 18.0 Å². The zero-order chi connectivity index (χ0) is 7.03. The van der Waals surface area contributed by atoms with Crippen LogP contribution in [0.25, 0.3) is 0 Å². The summed E-state index contributed by atoms with van der Waals surface area (Å²) in [5, 5.41) is 8.63. The Bertz CT molecular complexity index is 176. The van der Waals surface area contributed by atoms with E-state index in [1.165, 1.54) is 25.7 Å². The number of rotatable bonds is 0. The van der Waals surface area contributed by atoms with Gasteiger partial charge in [-0.15, -0.1) is 0 Å². The second kappa shape index (κ2) is 1.88. The van der Waals surface area contributed by atoms with Crippen molar-refractivity contribution in [2.75, 3.05) is 13.1 Å². The second-order valence-electron chi connectivity index (χ2n) is 3.63. The van der Waals surface area contributed by atoms with Crippen molar-refractivity contribution in [2.24, 2.45) is 5.41 Å². The molecule has 2 fully saturated rings. The third kappa shape index (κ3) is 0.862. The summed E-state index contributed by atoms with van der Waals surface area (Å²) >= 11 is 0. The van der Waals surface area contributed by atoms with E-state index in [9.17, 15) is 0 Å². The molecule has 0 aromatic carbocycles. The number of nitriles is 1. The van der Waals surface area contributed by atoms with Gasteiger partial charge in [-0.25, -0.2) is 0 Å². The zero-order valence-electron chi connectivity index (χ0n) is 6.14. The van der Waals surface area contributed by atoms with E-state index in [1.54, 1.807) is 0 Å². The van der Waals surface area contributed by atoms with Gasteiger partial charge in [0, 0.05) is 13.1 Å². The molecule has 0 aromatic rings. The summed E-state index contributed by atoms with van der Waals surface area (Å²) in [5.41, 5.74) is 0.605. The minimum absolute atomic E-state index is 0.605. The van der Waals surface area contributed by atoms with Crippen molar-refractivity contribution in [3.8, 4) is 6.19 Å². The Morgan fingerprint density at radius 2 is 2.10 bits per heavy atom. The predicted molar refractivity (Wildman–Crippen MR) is 38.1 cm³/mol. The maximum atomic E-state index is 8.63. The highest BCUT2D eigenvalue weighted by Crippen LogP contribution is 2.51. The van der Waals surface area contributed by atoms with E-state index >= 15 is 0 Å². The third-order valence-corrected chi connectivity index (χ3v) is 2.76. The smallest absolute Gasteiger partial charge is 0.179 e. The molecule has 1 spiro atoms. The number of hydrogen-bond donors (Lipinski definition) is 0. The topological polar surface area (TPSA) is 27.0 Å². The Kier molecular flexibility index (Phi) is 1.14. The average molecular weight is 136 g/mol. The Morgan fingerprint density at radius 1 is 1.30 bits per heavy atom. The van der Waals surface area contributed by atoms with Crippen LogP contribution in [0.5, 0.6) is 0 Å². The summed E-state index contributed by atoms with van der Waals surface area (Å²) in [6.07, 6.45) is 7.56. The fourth-order valence-corrected chi connectivity index (χ4v) is 1.88. The molecule has 2 aliphatic rings. The first-order valence-electron chi connectivity index (χ1n) is 3.99. The normalized spacial score (nSPS) is 28.1. The van der Waals surface area contributed by atoms with Crippen LogP contribution in [0.4, 0.5) is 0 Å². The Hall–Kier alpha value is -0.710. The molecule has 2 heteroatoms. The molecule has 0 atom stereocenters. The van der Waals surface area contributed by atoms with Crippen molar-refractivity contribution < 1.29 is 0 Å². The maximum Gasteiger partial charge on any atom is 0.179 e. The van der Waals surface area contributed by atoms with E-state index in [2.05, 4.69) is 6.19 Å². The van der Waals surface area contributed by atoms with E-state index in [4.69, 9.17) is 5.26 Å². The summed E-state index contributed by atoms with van der Waals surface area (Å²) in [6.45, 7) is 2.04. The van der Waals surface area contributed by atoms with Crippen LogP contribution < -0.4 is 0 Å². The van der Waals surface area contributed by atoms with Gasteiger partial charge in [-0.05, 0) is 31.1 Å². The average Bonchev–Trinajstić information content (AvgIpc) is 2.70. The molecule has 2 rings (SSSR count). The number of likely N-dealkylation sites (tertiary alicyclic amines) is 1. The molecule has 10 heavy (non-hydrogen) atoms. The van der Waals surface area contributed by atoms with Crippen LogP contribution in [0.15, 0.2) is 0 Å². The van der Waals surface area contributed by atoms with Crippen LogP contribution in [0.3, 0.4) is 0 Å². The van der Waals surface area contributed by atoms with Crippen LogP contribution in [-0.2, 0) is 0 Å². The molecule has 0 N–H and O–H groups in total. The van der Waals surface area contributed by atoms with Crippen molar-refractivity contribution in [2.45, 2.75) is 25.7 Å². The van der Waals surface area contributed by atoms with Gasteiger partial charge in [-0.3, -0.25) is 0 Å². The van der Waals surface area contributed by atoms with Gasteiger partial charge in [0.05, 0.1) is 0 Å². The summed E-state index contributed by atoms with van der Waals surface area (Å²) in [6, 6.07) is 0. The minimum atomic E-state index is 0.605. The molecular formula is C8H12N2. The van der Waals surface area contributed by atoms with Gasteiger partial charge in [0.2, 0.25) is 0 Å². The van der Waals surface area contributed by atoms with E-state index in [-0.39, 0.29) is 0 Å². The van der Waals surface area contributed by atoms with Crippen molar-refractivity contribution >= 4 is 0 Å². The standard InChI is InChI=1S/C8H12N2/c9-7-10-5-1-2-8(6-10)3-4-8/h1-6H2. The molecule has 0 amide bonds. The molecule has 2 nitrogen and oxygen atoms in total. The predicted octanol–water partition coefficient (Wildman–Crippen LogP) is 1.34.